The van der Waals surface area contributed by atoms with Crippen LogP contribution in [0, 0.1) is 101 Å². The molecule has 744 valence electrons. The molecule has 0 amide bonds. The number of benzene rings is 5. The largest absolute Gasteiger partial charge is 0.465 e. The third kappa shape index (κ3) is 95.2. The molecule has 0 heterocycles. The van der Waals surface area contributed by atoms with Gasteiger partial charge in [-0.05, 0) is 155 Å². The highest BCUT2D eigenvalue weighted by molar-refractivity contribution is 6.78. The summed E-state index contributed by atoms with van der Waals surface area (Å²) in [4.78, 5) is 65.4. The number of aliphatic hydroxyl groups excluding tert-OH is 1. The van der Waals surface area contributed by atoms with Gasteiger partial charge in [-0.3, -0.25) is 28.8 Å². The number of aliphatic hydroxyl groups is 1. The fourth-order valence-electron chi connectivity index (χ4n) is 10.3. The molecule has 0 spiro atoms. The van der Waals surface area contributed by atoms with Crippen molar-refractivity contribution >= 4 is 43.7 Å². The molecular weight excluding hydrogens is 1610 g/mol. The Bertz CT molecular complexity index is 3380. The van der Waals surface area contributed by atoms with Crippen molar-refractivity contribution < 1.29 is 57.6 Å². The van der Waals surface area contributed by atoms with Gasteiger partial charge in [-0.15, -0.1) is 6.58 Å². The zero-order chi connectivity index (χ0) is 102. The first kappa shape index (κ1) is 137. The quantitative estimate of drug-likeness (QED) is 0.0142. The summed E-state index contributed by atoms with van der Waals surface area (Å²) in [5.41, 5.74) is 10.8. The van der Waals surface area contributed by atoms with Crippen molar-refractivity contribution in [3.63, 3.8) is 0 Å². The summed E-state index contributed by atoms with van der Waals surface area (Å²) in [5, 5.41) is 8.81. The number of ketones is 1. The third-order valence-corrected chi connectivity index (χ3v) is 23.3. The molecule has 0 aliphatic heterocycles. The summed E-state index contributed by atoms with van der Waals surface area (Å²) < 4.78 is 25.2. The molecule has 129 heavy (non-hydrogen) atoms. The minimum absolute atomic E-state index is 0.00116. The number of hydrogen-bond acceptors (Lipinski definition) is 12. The van der Waals surface area contributed by atoms with Gasteiger partial charge in [0.05, 0.1) is 57.5 Å². The first-order chi connectivity index (χ1) is 59.8. The number of esters is 5. The van der Waals surface area contributed by atoms with Gasteiger partial charge >= 0.3 is 29.8 Å². The highest BCUT2D eigenvalue weighted by Crippen LogP contribution is 2.44. The third-order valence-electron chi connectivity index (χ3n) is 18.3. The van der Waals surface area contributed by atoms with Crippen molar-refractivity contribution in [2.45, 2.75) is 372 Å². The molecule has 0 radical (unpaired) electrons. The summed E-state index contributed by atoms with van der Waals surface area (Å²) >= 11 is 0. The molecule has 1 aliphatic carbocycles. The summed E-state index contributed by atoms with van der Waals surface area (Å²) in [6, 6.07) is 46.6. The van der Waals surface area contributed by atoms with E-state index in [-0.39, 0.29) is 83.7 Å². The number of rotatable bonds is 32. The molecule has 5 aromatic rings. The lowest BCUT2D eigenvalue weighted by atomic mass is 9.98. The van der Waals surface area contributed by atoms with E-state index in [9.17, 15) is 28.8 Å². The Morgan fingerprint density at radius 1 is 0.372 bits per heavy atom. The van der Waals surface area contributed by atoms with Crippen molar-refractivity contribution in [1.29, 1.82) is 0 Å². The van der Waals surface area contributed by atoms with Crippen LogP contribution in [0.25, 0.3) is 11.1 Å². The molecule has 5 aromatic carbocycles. The minimum Gasteiger partial charge on any atom is -0.465 e. The van der Waals surface area contributed by atoms with Crippen LogP contribution in [0.4, 0.5) is 0 Å². The molecule has 0 atom stereocenters. The zero-order valence-corrected chi connectivity index (χ0v) is 92.3. The van der Waals surface area contributed by atoms with E-state index in [1.807, 2.05) is 144 Å². The number of fused-ring (bicyclic) bond motifs is 3. The van der Waals surface area contributed by atoms with Crippen LogP contribution < -0.4 is 0 Å². The molecule has 13 heteroatoms. The maximum Gasteiger partial charge on any atom is 0.308 e. The Morgan fingerprint density at radius 3 is 1.00 bits per heavy atom. The lowest BCUT2D eigenvalue weighted by Gasteiger charge is -2.28. The van der Waals surface area contributed by atoms with Gasteiger partial charge in [-0.1, -0.05) is 460 Å². The zero-order valence-electron chi connectivity index (χ0n) is 91.3. The summed E-state index contributed by atoms with van der Waals surface area (Å²) in [7, 11) is -0.844. The van der Waals surface area contributed by atoms with E-state index < -0.39 is 8.07 Å². The van der Waals surface area contributed by atoms with Crippen molar-refractivity contribution in [2.24, 2.45) is 101 Å². The number of carbonyl (C=O) groups excluding carboxylic acids is 6. The first-order valence-corrected chi connectivity index (χ1v) is 52.6. The van der Waals surface area contributed by atoms with Gasteiger partial charge in [-0.25, -0.2) is 0 Å². The van der Waals surface area contributed by atoms with E-state index >= 15 is 0 Å². The second-order valence-electron chi connectivity index (χ2n) is 41.6. The van der Waals surface area contributed by atoms with Gasteiger partial charge < -0.3 is 28.8 Å². The topological polar surface area (TPSA) is 169 Å². The van der Waals surface area contributed by atoms with Gasteiger partial charge in [0.25, 0.3) is 0 Å². The highest BCUT2D eigenvalue weighted by Gasteiger charge is 2.30. The van der Waals surface area contributed by atoms with Crippen LogP contribution in [-0.2, 0) is 78.5 Å². The van der Waals surface area contributed by atoms with Gasteiger partial charge in [-0.2, -0.15) is 0 Å². The summed E-state index contributed by atoms with van der Waals surface area (Å²) in [6.45, 7) is 98.0. The first-order valence-electron chi connectivity index (χ1n) is 49.3. The van der Waals surface area contributed by atoms with E-state index in [4.69, 9.17) is 28.8 Å². The Balaban J connectivity index is -0.000000208. The molecule has 12 nitrogen and oxygen atoms in total. The monoisotopic (exact) mass is 1820 g/mol. The number of unbranched alkanes of at least 4 members (excludes halogenated alkanes) is 1. The predicted octanol–water partition coefficient (Wildman–Crippen LogP) is 33.1. The molecule has 0 unspecified atom stereocenters. The summed E-state index contributed by atoms with van der Waals surface area (Å²) in [5.74, 6) is 8.45. The molecule has 0 fully saturated rings. The van der Waals surface area contributed by atoms with Crippen LogP contribution in [-0.4, -0.2) is 75.2 Å². The lowest BCUT2D eigenvalue weighted by molar-refractivity contribution is -0.149. The molecular formula is C116H204O12Si. The second-order valence-corrected chi connectivity index (χ2v) is 47.1. The Hall–Kier alpha value is -7.22. The van der Waals surface area contributed by atoms with Crippen LogP contribution in [0.1, 0.15) is 355 Å². The number of allylic oxidation sites excluding steroid dienone is 1. The van der Waals surface area contributed by atoms with Crippen molar-refractivity contribution in [1.82, 2.24) is 0 Å². The van der Waals surface area contributed by atoms with Crippen LogP contribution in [0.3, 0.4) is 0 Å². The van der Waals surface area contributed by atoms with Crippen LogP contribution in [0.2, 0.25) is 24.7 Å². The molecule has 0 saturated heterocycles. The molecule has 1 aliphatic rings. The smallest absolute Gasteiger partial charge is 0.308 e. The van der Waals surface area contributed by atoms with Crippen LogP contribution >= 0.6 is 0 Å². The maximum absolute atomic E-state index is 11.7. The SMILES string of the molecule is C=CCC(C)C.C=CCOC(=O)C(C)C.CC(=O)C(C)C.CC(C)C.CC(C)C.CC(C)C(=O)OCC1c2ccccc2-c2ccccc21.CC(C)C(=O)OCc1ccccc1.CC(C)CC(C)C.CC(C)CCCCOC(=O)C(C)C.CC(C)COC(=O)C(C)C.CC(C)C[Si](C)(C)C(C)C.CC(C)Cc1ccc(CO)cc1.CC(C)Cc1ccccc1.CCC(C)C. The van der Waals surface area contributed by atoms with Crippen LogP contribution in [0.15, 0.2) is 159 Å². The Morgan fingerprint density at radius 2 is 0.713 bits per heavy atom. The van der Waals surface area contributed by atoms with Gasteiger partial charge in [0.1, 0.15) is 25.6 Å². The number of ether oxygens (including phenoxy) is 5. The number of carbonyl (C=O) groups is 6. The van der Waals surface area contributed by atoms with Crippen molar-refractivity contribution in [3.05, 3.63) is 192 Å². The van der Waals surface area contributed by atoms with E-state index in [0.29, 0.717) is 44.9 Å². The second kappa shape index (κ2) is 86.2. The Labute approximate surface area is 798 Å². The van der Waals surface area contributed by atoms with Crippen molar-refractivity contribution in [3.8, 4) is 11.1 Å². The average molecular weight is 1820 g/mol. The van der Waals surface area contributed by atoms with Crippen LogP contribution in [0.5, 0.6) is 0 Å². The van der Waals surface area contributed by atoms with Gasteiger partial charge in [0, 0.05) is 11.8 Å². The standard InChI is InChI=1S/C18H18O2.C11H14O2.C11H22O2.C11H16O.C10H14.C9H22Si.C8H16O2.C7H12O2.C7H16.C6H12.C5H10O.C5H12.2C4H10/c1-12(2)18(19)20-11-17-15-9-5-3-7-13(15)14-8-4-6-10-16(14)17;1-9(2)11(12)13-8-10-6-4-3-5-7-10;1-9(2)7-5-6-8-13-11(12)10(3)4;1-9(2)7-10-3-5-11(8-12)6-4-10;1-9(2)8-10-6-4-3-5-7-10;1-8(2)7-10(5,6)9(3)4;1-6(2)5-10-8(9)7(3)4;1-4-5-9-7(8)6(2)3;1-6(2)5-7(3)4;1-4-5-6(2)3;1-4(2)5(3)6;1-4-5(2)3;2*1-4(2)3/h3-10,12,17H,11H2,1-2H3;3-7,9H,8H2,1-2H3;9-10H,5-8H2,1-4H3;3-6,9,12H,7-8H2,1-2H3;3-7,9H,8H2,1-2H3;8-9H,7H2,1-6H3;6-7H,5H2,1-4H3;4,6H,1,5H2,2-3H3;6-7H,5H2,1-4H3;4,6H,1,5H2,2-3H3;4H,1-3H3;5H,4H2,1-3H3;2*4H,1-3H3. The lowest BCUT2D eigenvalue weighted by Crippen LogP contribution is -2.30. The molecule has 0 bridgehead atoms. The molecule has 6 rings (SSSR count). The fraction of sp³-hybridized carbons (Fsp3) is 0.655. The highest BCUT2D eigenvalue weighted by atomic mass is 28.3. The fourth-order valence-corrected chi connectivity index (χ4v) is 12.9. The molecule has 1 N–H and O–H groups in total. The summed E-state index contributed by atoms with van der Waals surface area (Å²) in [6.07, 6.45) is 13.0. The van der Waals surface area contributed by atoms with E-state index in [0.717, 1.165) is 95.6 Å². The van der Waals surface area contributed by atoms with Gasteiger partial charge in [0.2, 0.25) is 0 Å². The molecule has 0 saturated carbocycles. The Kier molecular flexibility index (Phi) is 91.7. The van der Waals surface area contributed by atoms with Gasteiger partial charge in [0.15, 0.2) is 0 Å². The number of hydrogen-bond donors (Lipinski definition) is 1. The van der Waals surface area contributed by atoms with E-state index in [2.05, 4.69) is 278 Å². The minimum atomic E-state index is -0.844. The number of Topliss-reactive ketones (excluding diaryl/α,β-unsaturated/α-hetero) is 1. The predicted molar refractivity (Wildman–Crippen MR) is 565 cm³/mol. The van der Waals surface area contributed by atoms with E-state index in [1.165, 1.54) is 65.1 Å². The maximum atomic E-state index is 11.7. The average Bonchev–Trinajstić information content (AvgIpc) is 1.62. The van der Waals surface area contributed by atoms with Crippen molar-refractivity contribution in [2.75, 3.05) is 26.4 Å². The molecule has 0 aromatic heterocycles. The normalized spacial score (nSPS) is 10.8. The van der Waals surface area contributed by atoms with E-state index in [1.54, 1.807) is 26.8 Å².